The predicted octanol–water partition coefficient (Wildman–Crippen LogP) is 1.99. The van der Waals surface area contributed by atoms with Gasteiger partial charge in [0.1, 0.15) is 18.1 Å². The van der Waals surface area contributed by atoms with Gasteiger partial charge in [0.15, 0.2) is 0 Å². The average Bonchev–Trinajstić information content (AvgIpc) is 2.82. The Hall–Kier alpha value is -0.510. The molecule has 2 rings (SSSR count). The molecular formula is C10H16ClNO2. The fourth-order valence-corrected chi connectivity index (χ4v) is 1.51. The molecule has 3 nitrogen and oxygen atoms in total. The third-order valence-electron chi connectivity index (χ3n) is 2.49. The summed E-state index contributed by atoms with van der Waals surface area (Å²) in [5.41, 5.74) is 5.93. The van der Waals surface area contributed by atoms with E-state index in [1.54, 1.807) is 6.07 Å². The number of aliphatic hydroxyl groups is 1. The summed E-state index contributed by atoms with van der Waals surface area (Å²) in [5, 5.41) is 8.79. The van der Waals surface area contributed by atoms with Crippen LogP contribution in [0.25, 0.3) is 0 Å². The molecule has 0 aromatic carbocycles. The molecule has 80 valence electrons. The molecule has 1 aliphatic rings. The molecule has 1 aromatic rings. The fourth-order valence-electron chi connectivity index (χ4n) is 1.51. The van der Waals surface area contributed by atoms with Gasteiger partial charge in [-0.3, -0.25) is 0 Å². The van der Waals surface area contributed by atoms with E-state index in [9.17, 15) is 0 Å². The van der Waals surface area contributed by atoms with Gasteiger partial charge in [-0.1, -0.05) is 12.8 Å². The van der Waals surface area contributed by atoms with Crippen molar-refractivity contribution >= 4 is 12.4 Å². The highest BCUT2D eigenvalue weighted by atomic mass is 35.5. The van der Waals surface area contributed by atoms with Crippen molar-refractivity contribution in [2.75, 3.05) is 0 Å². The lowest BCUT2D eigenvalue weighted by molar-refractivity contribution is 0.240. The molecule has 0 bridgehead atoms. The Morgan fingerprint density at radius 2 is 2.21 bits per heavy atom. The van der Waals surface area contributed by atoms with E-state index < -0.39 is 0 Å². The van der Waals surface area contributed by atoms with Gasteiger partial charge in [-0.05, 0) is 24.5 Å². The molecule has 4 heteroatoms. The molecule has 1 heterocycles. The van der Waals surface area contributed by atoms with Crippen LogP contribution in [0.5, 0.6) is 0 Å². The zero-order chi connectivity index (χ0) is 9.26. The van der Waals surface area contributed by atoms with Crippen LogP contribution in [0.3, 0.4) is 0 Å². The molecule has 0 aliphatic heterocycles. The van der Waals surface area contributed by atoms with E-state index >= 15 is 0 Å². The number of halogens is 1. The normalized spacial score (nSPS) is 17.6. The molecule has 1 aliphatic carbocycles. The minimum atomic E-state index is -0.0455. The van der Waals surface area contributed by atoms with Crippen LogP contribution in [0.15, 0.2) is 16.5 Å². The van der Waals surface area contributed by atoms with Gasteiger partial charge in [-0.15, -0.1) is 12.4 Å². The van der Waals surface area contributed by atoms with E-state index in [1.807, 2.05) is 6.07 Å². The molecule has 1 fully saturated rings. The van der Waals surface area contributed by atoms with Crippen LogP contribution in [0.4, 0.5) is 0 Å². The second-order valence-electron chi connectivity index (χ2n) is 3.75. The number of rotatable bonds is 4. The second kappa shape index (κ2) is 4.82. The first kappa shape index (κ1) is 11.6. The monoisotopic (exact) mass is 217 g/mol. The molecule has 0 amide bonds. The first-order valence-corrected chi connectivity index (χ1v) is 4.74. The molecule has 1 atom stereocenters. The maximum atomic E-state index is 8.79. The van der Waals surface area contributed by atoms with Gasteiger partial charge in [0.25, 0.3) is 0 Å². The van der Waals surface area contributed by atoms with Crippen molar-refractivity contribution in [1.29, 1.82) is 0 Å². The Labute approximate surface area is 89.7 Å². The van der Waals surface area contributed by atoms with Gasteiger partial charge in [-0.2, -0.15) is 0 Å². The zero-order valence-electron chi connectivity index (χ0n) is 7.98. The van der Waals surface area contributed by atoms with E-state index in [4.69, 9.17) is 15.3 Å². The first-order chi connectivity index (χ1) is 6.29. The Kier molecular flexibility index (Phi) is 3.98. The highest BCUT2D eigenvalue weighted by molar-refractivity contribution is 5.85. The first-order valence-electron chi connectivity index (χ1n) is 4.74. The average molecular weight is 218 g/mol. The lowest BCUT2D eigenvalue weighted by Crippen LogP contribution is -2.09. The molecule has 1 aromatic heterocycles. The third-order valence-corrected chi connectivity index (χ3v) is 2.49. The van der Waals surface area contributed by atoms with Crippen molar-refractivity contribution < 1.29 is 9.52 Å². The van der Waals surface area contributed by atoms with Gasteiger partial charge in [0, 0.05) is 0 Å². The van der Waals surface area contributed by atoms with Crippen molar-refractivity contribution in [3.63, 3.8) is 0 Å². The quantitative estimate of drug-likeness (QED) is 0.811. The van der Waals surface area contributed by atoms with Crippen molar-refractivity contribution in [3.8, 4) is 0 Å². The Bertz CT molecular complexity index is 283. The summed E-state index contributed by atoms with van der Waals surface area (Å²) in [6.07, 6.45) is 3.63. The maximum absolute atomic E-state index is 8.79. The lowest BCUT2D eigenvalue weighted by Gasteiger charge is -2.06. The third kappa shape index (κ3) is 2.74. The highest BCUT2D eigenvalue weighted by Gasteiger charge is 2.25. The largest absolute Gasteiger partial charge is 0.462 e. The van der Waals surface area contributed by atoms with Crippen LogP contribution < -0.4 is 5.73 Å². The summed E-state index contributed by atoms with van der Waals surface area (Å²) in [7, 11) is 0. The van der Waals surface area contributed by atoms with Gasteiger partial charge >= 0.3 is 0 Å². The number of hydrogen-bond acceptors (Lipinski definition) is 3. The topological polar surface area (TPSA) is 59.4 Å². The highest BCUT2D eigenvalue weighted by Crippen LogP contribution is 2.36. The molecule has 0 radical (unpaired) electrons. The lowest BCUT2D eigenvalue weighted by atomic mass is 10.1. The van der Waals surface area contributed by atoms with E-state index in [0.29, 0.717) is 5.76 Å². The van der Waals surface area contributed by atoms with Crippen LogP contribution >= 0.6 is 12.4 Å². The molecule has 0 unspecified atom stereocenters. The molecule has 1 saturated carbocycles. The minimum Gasteiger partial charge on any atom is -0.462 e. The van der Waals surface area contributed by atoms with Crippen molar-refractivity contribution in [2.45, 2.75) is 31.9 Å². The molecule has 0 saturated heterocycles. The summed E-state index contributed by atoms with van der Waals surface area (Å²) >= 11 is 0. The van der Waals surface area contributed by atoms with Crippen LogP contribution in [-0.4, -0.2) is 5.11 Å². The van der Waals surface area contributed by atoms with E-state index in [-0.39, 0.29) is 25.1 Å². The molecular weight excluding hydrogens is 202 g/mol. The SMILES string of the molecule is Cl.N[C@H](CC1CC1)c1ccc(CO)o1. The van der Waals surface area contributed by atoms with Crippen LogP contribution in [0, 0.1) is 5.92 Å². The summed E-state index contributed by atoms with van der Waals surface area (Å²) in [5.74, 6) is 2.20. The predicted molar refractivity (Wildman–Crippen MR) is 56.1 cm³/mol. The van der Waals surface area contributed by atoms with Gasteiger partial charge in [0.05, 0.1) is 6.04 Å². The van der Waals surface area contributed by atoms with Crippen LogP contribution in [0.2, 0.25) is 0 Å². The number of nitrogens with two attached hydrogens (primary N) is 1. The summed E-state index contributed by atoms with van der Waals surface area (Å²) in [4.78, 5) is 0. The number of hydrogen-bond donors (Lipinski definition) is 2. The summed E-state index contributed by atoms with van der Waals surface area (Å²) in [6.45, 7) is -0.0455. The minimum absolute atomic E-state index is 0. The standard InChI is InChI=1S/C10H15NO2.ClH/c11-9(5-7-1-2-7)10-4-3-8(6-12)13-10;/h3-4,7,9,12H,1-2,5-6,11H2;1H/t9-;/m1./s1. The van der Waals surface area contributed by atoms with Crippen molar-refractivity contribution in [3.05, 3.63) is 23.7 Å². The number of aliphatic hydroxyl groups excluding tert-OH is 1. The van der Waals surface area contributed by atoms with Gasteiger partial charge in [-0.25, -0.2) is 0 Å². The molecule has 0 spiro atoms. The van der Waals surface area contributed by atoms with Crippen molar-refractivity contribution in [1.82, 2.24) is 0 Å². The number of furan rings is 1. The zero-order valence-corrected chi connectivity index (χ0v) is 8.80. The molecule has 14 heavy (non-hydrogen) atoms. The Morgan fingerprint density at radius 1 is 1.50 bits per heavy atom. The van der Waals surface area contributed by atoms with Crippen LogP contribution in [0.1, 0.15) is 36.8 Å². The summed E-state index contributed by atoms with van der Waals surface area (Å²) < 4.78 is 5.35. The molecule has 3 N–H and O–H groups in total. The van der Waals surface area contributed by atoms with E-state index in [2.05, 4.69) is 0 Å². The van der Waals surface area contributed by atoms with Gasteiger partial charge in [0.2, 0.25) is 0 Å². The second-order valence-corrected chi connectivity index (χ2v) is 3.75. The van der Waals surface area contributed by atoms with Gasteiger partial charge < -0.3 is 15.3 Å². The van der Waals surface area contributed by atoms with Crippen molar-refractivity contribution in [2.24, 2.45) is 11.7 Å². The Morgan fingerprint density at radius 3 is 2.71 bits per heavy atom. The Balaban J connectivity index is 0.000000980. The fraction of sp³-hybridized carbons (Fsp3) is 0.600. The van der Waals surface area contributed by atoms with E-state index in [0.717, 1.165) is 18.1 Å². The van der Waals surface area contributed by atoms with E-state index in [1.165, 1.54) is 12.8 Å². The summed E-state index contributed by atoms with van der Waals surface area (Å²) in [6, 6.07) is 3.65. The maximum Gasteiger partial charge on any atom is 0.129 e. The smallest absolute Gasteiger partial charge is 0.129 e. The van der Waals surface area contributed by atoms with Crippen LogP contribution in [-0.2, 0) is 6.61 Å².